The maximum Gasteiger partial charge on any atom is 0.274 e. The summed E-state index contributed by atoms with van der Waals surface area (Å²) >= 11 is 0. The topological polar surface area (TPSA) is 72.1 Å². The van der Waals surface area contributed by atoms with Gasteiger partial charge in [-0.1, -0.05) is 19.1 Å². The first kappa shape index (κ1) is 15.0. The van der Waals surface area contributed by atoms with Crippen LogP contribution < -0.4 is 5.73 Å². The third-order valence-electron chi connectivity index (χ3n) is 3.11. The highest BCUT2D eigenvalue weighted by atomic mass is 16.2. The number of aromatic nitrogens is 2. The predicted molar refractivity (Wildman–Crippen MR) is 82.7 cm³/mol. The smallest absolute Gasteiger partial charge is 0.274 e. The molecule has 1 aromatic heterocycles. The molecule has 21 heavy (non-hydrogen) atoms. The van der Waals surface area contributed by atoms with Crippen molar-refractivity contribution in [1.82, 2.24) is 14.9 Å². The molecule has 0 fully saturated rings. The Hall–Kier alpha value is -2.43. The highest BCUT2D eigenvalue weighted by molar-refractivity contribution is 5.91. The van der Waals surface area contributed by atoms with Gasteiger partial charge in [0.15, 0.2) is 0 Å². The molecule has 2 N–H and O–H groups in total. The van der Waals surface area contributed by atoms with Gasteiger partial charge in [-0.05, 0) is 31.0 Å². The second-order valence-corrected chi connectivity index (χ2v) is 5.01. The maximum atomic E-state index is 12.5. The Morgan fingerprint density at radius 1 is 1.29 bits per heavy atom. The molecule has 0 saturated carbocycles. The van der Waals surface area contributed by atoms with Gasteiger partial charge < -0.3 is 10.6 Å². The molecule has 0 spiro atoms. The third kappa shape index (κ3) is 4.02. The molecule has 0 atom stereocenters. The van der Waals surface area contributed by atoms with Crippen LogP contribution in [0.2, 0.25) is 0 Å². The Balaban J connectivity index is 2.18. The number of hydrogen-bond acceptors (Lipinski definition) is 4. The van der Waals surface area contributed by atoms with E-state index in [1.807, 2.05) is 38.1 Å². The number of rotatable bonds is 5. The van der Waals surface area contributed by atoms with E-state index in [4.69, 9.17) is 5.73 Å². The zero-order chi connectivity index (χ0) is 15.2. The maximum absolute atomic E-state index is 12.5. The molecule has 1 aromatic carbocycles. The summed E-state index contributed by atoms with van der Waals surface area (Å²) < 4.78 is 0. The molecule has 5 heteroatoms. The minimum atomic E-state index is -0.105. The molecule has 1 amide bonds. The van der Waals surface area contributed by atoms with Gasteiger partial charge in [-0.3, -0.25) is 9.78 Å². The monoisotopic (exact) mass is 284 g/mol. The van der Waals surface area contributed by atoms with Gasteiger partial charge in [-0.15, -0.1) is 0 Å². The molecule has 1 heterocycles. The summed E-state index contributed by atoms with van der Waals surface area (Å²) in [6, 6.07) is 7.58. The summed E-state index contributed by atoms with van der Waals surface area (Å²) in [6.07, 6.45) is 4.02. The van der Waals surface area contributed by atoms with Crippen molar-refractivity contribution in [2.45, 2.75) is 26.8 Å². The van der Waals surface area contributed by atoms with Crippen LogP contribution >= 0.6 is 0 Å². The van der Waals surface area contributed by atoms with E-state index >= 15 is 0 Å². The van der Waals surface area contributed by atoms with Gasteiger partial charge in [0.05, 0.1) is 11.9 Å². The van der Waals surface area contributed by atoms with E-state index in [2.05, 4.69) is 9.97 Å². The summed E-state index contributed by atoms with van der Waals surface area (Å²) in [7, 11) is 0. The van der Waals surface area contributed by atoms with Gasteiger partial charge in [0.2, 0.25) is 0 Å². The van der Waals surface area contributed by atoms with Crippen molar-refractivity contribution in [2.75, 3.05) is 12.3 Å². The highest BCUT2D eigenvalue weighted by Crippen LogP contribution is 2.12. The zero-order valence-corrected chi connectivity index (χ0v) is 12.4. The number of nitrogen functional groups attached to an aromatic ring is 1. The number of carbonyl (C=O) groups excluding carboxylic acids is 1. The van der Waals surface area contributed by atoms with Gasteiger partial charge in [0.1, 0.15) is 5.69 Å². The van der Waals surface area contributed by atoms with E-state index in [-0.39, 0.29) is 5.91 Å². The van der Waals surface area contributed by atoms with E-state index in [1.54, 1.807) is 11.1 Å². The Kier molecular flexibility index (Phi) is 4.87. The molecule has 0 unspecified atom stereocenters. The lowest BCUT2D eigenvalue weighted by Gasteiger charge is -2.22. The normalized spacial score (nSPS) is 10.4. The van der Waals surface area contributed by atoms with Crippen LogP contribution in [0.5, 0.6) is 0 Å². The van der Waals surface area contributed by atoms with E-state index < -0.39 is 0 Å². The molecule has 2 aromatic rings. The Labute approximate surface area is 124 Å². The number of nitrogens with two attached hydrogens (primary N) is 1. The van der Waals surface area contributed by atoms with Crippen molar-refractivity contribution >= 4 is 11.6 Å². The number of anilines is 1. The van der Waals surface area contributed by atoms with Gasteiger partial charge in [-0.25, -0.2) is 4.98 Å². The fourth-order valence-corrected chi connectivity index (χ4v) is 2.10. The van der Waals surface area contributed by atoms with Crippen LogP contribution in [0.25, 0.3) is 0 Å². The number of nitrogens with zero attached hydrogens (tertiary/aromatic N) is 3. The molecule has 0 aliphatic heterocycles. The molecule has 0 radical (unpaired) electrons. The van der Waals surface area contributed by atoms with Crippen LogP contribution in [-0.4, -0.2) is 27.3 Å². The third-order valence-corrected chi connectivity index (χ3v) is 3.11. The second-order valence-electron chi connectivity index (χ2n) is 5.01. The van der Waals surface area contributed by atoms with Crippen molar-refractivity contribution in [2.24, 2.45) is 0 Å². The van der Waals surface area contributed by atoms with Crippen LogP contribution in [0.1, 0.15) is 35.1 Å². The SMILES string of the molecule is CCCN(Cc1cccc(N)c1)C(=O)c1cnc(C)cn1. The summed E-state index contributed by atoms with van der Waals surface area (Å²) in [5.41, 5.74) is 8.67. The van der Waals surface area contributed by atoms with Crippen LogP contribution in [0.3, 0.4) is 0 Å². The lowest BCUT2D eigenvalue weighted by Crippen LogP contribution is -2.32. The number of carbonyl (C=O) groups is 1. The first-order valence-electron chi connectivity index (χ1n) is 7.02. The second kappa shape index (κ2) is 6.83. The fraction of sp³-hybridized carbons (Fsp3) is 0.312. The molecule has 0 saturated heterocycles. The van der Waals surface area contributed by atoms with Gasteiger partial charge >= 0.3 is 0 Å². The largest absolute Gasteiger partial charge is 0.399 e. The van der Waals surface area contributed by atoms with Crippen molar-refractivity contribution in [1.29, 1.82) is 0 Å². The molecular weight excluding hydrogens is 264 g/mol. The summed E-state index contributed by atoms with van der Waals surface area (Å²) in [5, 5.41) is 0. The first-order chi connectivity index (χ1) is 10.1. The lowest BCUT2D eigenvalue weighted by atomic mass is 10.2. The summed E-state index contributed by atoms with van der Waals surface area (Å²) in [5.74, 6) is -0.105. The molecule has 5 nitrogen and oxygen atoms in total. The van der Waals surface area contributed by atoms with Gasteiger partial charge in [0, 0.05) is 25.0 Å². The molecule has 0 aliphatic rings. The molecular formula is C16H20N4O. The van der Waals surface area contributed by atoms with Gasteiger partial charge in [-0.2, -0.15) is 0 Å². The molecule has 2 rings (SSSR count). The average molecular weight is 284 g/mol. The van der Waals surface area contributed by atoms with Gasteiger partial charge in [0.25, 0.3) is 5.91 Å². The minimum absolute atomic E-state index is 0.105. The average Bonchev–Trinajstić information content (AvgIpc) is 2.47. The number of aryl methyl sites for hydroxylation is 1. The standard InChI is InChI=1S/C16H20N4O/c1-3-7-20(11-13-5-4-6-14(17)8-13)16(21)15-10-18-12(2)9-19-15/h4-6,8-10H,3,7,11,17H2,1-2H3. The van der Waals surface area contributed by atoms with E-state index in [1.165, 1.54) is 6.20 Å². The molecule has 0 bridgehead atoms. The van der Waals surface area contributed by atoms with Crippen LogP contribution in [0.4, 0.5) is 5.69 Å². The molecule has 0 aliphatic carbocycles. The number of hydrogen-bond donors (Lipinski definition) is 1. The van der Waals surface area contributed by atoms with Crippen molar-refractivity contribution in [3.05, 3.63) is 53.6 Å². The minimum Gasteiger partial charge on any atom is -0.399 e. The predicted octanol–water partition coefficient (Wildman–Crippen LogP) is 2.42. The number of amides is 1. The van der Waals surface area contributed by atoms with E-state index in [0.29, 0.717) is 24.5 Å². The molecule has 110 valence electrons. The summed E-state index contributed by atoms with van der Waals surface area (Å²) in [6.45, 7) is 5.08. The Morgan fingerprint density at radius 2 is 2.10 bits per heavy atom. The quantitative estimate of drug-likeness (QED) is 0.856. The number of benzene rings is 1. The van der Waals surface area contributed by atoms with Crippen molar-refractivity contribution in [3.8, 4) is 0 Å². The van der Waals surface area contributed by atoms with Crippen LogP contribution in [-0.2, 0) is 6.54 Å². The van der Waals surface area contributed by atoms with Crippen LogP contribution in [0.15, 0.2) is 36.7 Å². The summed E-state index contributed by atoms with van der Waals surface area (Å²) in [4.78, 5) is 22.6. The highest BCUT2D eigenvalue weighted by Gasteiger charge is 2.17. The Morgan fingerprint density at radius 3 is 2.71 bits per heavy atom. The van der Waals surface area contributed by atoms with Crippen LogP contribution in [0, 0.1) is 6.92 Å². The van der Waals surface area contributed by atoms with Crippen molar-refractivity contribution < 1.29 is 4.79 Å². The lowest BCUT2D eigenvalue weighted by molar-refractivity contribution is 0.0736. The first-order valence-corrected chi connectivity index (χ1v) is 7.02. The fourth-order valence-electron chi connectivity index (χ4n) is 2.10. The van der Waals surface area contributed by atoms with E-state index in [9.17, 15) is 4.79 Å². The van der Waals surface area contributed by atoms with Crippen molar-refractivity contribution in [3.63, 3.8) is 0 Å². The Bertz CT molecular complexity index is 610. The zero-order valence-electron chi connectivity index (χ0n) is 12.4. The van der Waals surface area contributed by atoms with E-state index in [0.717, 1.165) is 17.7 Å².